The lowest BCUT2D eigenvalue weighted by atomic mass is 10.2. The molecule has 0 aliphatic heterocycles. The molecule has 0 aliphatic carbocycles. The van der Waals surface area contributed by atoms with Gasteiger partial charge in [0, 0.05) is 35.0 Å². The second-order valence-electron chi connectivity index (χ2n) is 6.13. The Morgan fingerprint density at radius 2 is 2.00 bits per heavy atom. The van der Waals surface area contributed by atoms with Crippen molar-refractivity contribution in [3.8, 4) is 5.75 Å². The van der Waals surface area contributed by atoms with E-state index in [0.29, 0.717) is 23.2 Å². The van der Waals surface area contributed by atoms with Crippen LogP contribution in [0.5, 0.6) is 5.75 Å². The minimum Gasteiger partial charge on any atom is -0.489 e. The molecule has 3 rings (SSSR count). The SMILES string of the molecule is Cn1nnnc1SCCCNCc1cc(Cl)ccc1OCc1cccc(Cl)c1. The summed E-state index contributed by atoms with van der Waals surface area (Å²) in [4.78, 5) is 0. The van der Waals surface area contributed by atoms with Crippen molar-refractivity contribution in [2.75, 3.05) is 12.3 Å². The molecule has 0 amide bonds. The minimum absolute atomic E-state index is 0.456. The number of thioether (sulfide) groups is 1. The smallest absolute Gasteiger partial charge is 0.209 e. The number of rotatable bonds is 10. The minimum atomic E-state index is 0.456. The van der Waals surface area contributed by atoms with Gasteiger partial charge in [-0.25, -0.2) is 4.68 Å². The summed E-state index contributed by atoms with van der Waals surface area (Å²) >= 11 is 13.8. The molecule has 28 heavy (non-hydrogen) atoms. The first-order chi connectivity index (χ1) is 13.6. The Bertz CT molecular complexity index is 906. The van der Waals surface area contributed by atoms with Gasteiger partial charge in [-0.2, -0.15) is 0 Å². The van der Waals surface area contributed by atoms with E-state index in [0.717, 1.165) is 40.8 Å². The van der Waals surface area contributed by atoms with Gasteiger partial charge < -0.3 is 10.1 Å². The standard InChI is InChI=1S/C19H21Cl2N5OS/c1-26-19(23-24-25-26)28-9-3-8-22-12-15-11-17(21)6-7-18(15)27-13-14-4-2-5-16(20)10-14/h2,4-7,10-11,22H,3,8-9,12-13H2,1H3. The van der Waals surface area contributed by atoms with Gasteiger partial charge in [-0.3, -0.25) is 0 Å². The average Bonchev–Trinajstić information content (AvgIpc) is 3.09. The van der Waals surface area contributed by atoms with Crippen LogP contribution in [-0.2, 0) is 20.2 Å². The molecule has 1 heterocycles. The number of tetrazole rings is 1. The zero-order chi connectivity index (χ0) is 19.8. The molecule has 0 saturated carbocycles. The second kappa shape index (κ2) is 10.7. The van der Waals surface area contributed by atoms with Crippen LogP contribution in [0.1, 0.15) is 17.5 Å². The number of hydrogen-bond acceptors (Lipinski definition) is 6. The monoisotopic (exact) mass is 437 g/mol. The molecular formula is C19H21Cl2N5OS. The summed E-state index contributed by atoms with van der Waals surface area (Å²) in [6, 6.07) is 13.3. The molecule has 9 heteroatoms. The summed E-state index contributed by atoms with van der Waals surface area (Å²) in [5.41, 5.74) is 2.05. The van der Waals surface area contributed by atoms with Gasteiger partial charge in [-0.15, -0.1) is 5.10 Å². The highest BCUT2D eigenvalue weighted by atomic mass is 35.5. The third kappa shape index (κ3) is 6.38. The fourth-order valence-electron chi connectivity index (χ4n) is 2.54. The summed E-state index contributed by atoms with van der Waals surface area (Å²) in [5, 5.41) is 17.1. The van der Waals surface area contributed by atoms with Crippen LogP contribution < -0.4 is 10.1 Å². The molecule has 0 radical (unpaired) electrons. The molecule has 0 spiro atoms. The van der Waals surface area contributed by atoms with Crippen LogP contribution in [0.3, 0.4) is 0 Å². The van der Waals surface area contributed by atoms with Gasteiger partial charge in [0.05, 0.1) is 0 Å². The largest absolute Gasteiger partial charge is 0.489 e. The Labute approximate surface area is 178 Å². The highest BCUT2D eigenvalue weighted by molar-refractivity contribution is 7.99. The average molecular weight is 438 g/mol. The maximum absolute atomic E-state index is 6.16. The van der Waals surface area contributed by atoms with Crippen molar-refractivity contribution in [3.63, 3.8) is 0 Å². The predicted octanol–water partition coefficient (Wildman–Crippen LogP) is 4.37. The van der Waals surface area contributed by atoms with Gasteiger partial charge in [0.2, 0.25) is 5.16 Å². The second-order valence-corrected chi connectivity index (χ2v) is 8.07. The Morgan fingerprint density at radius 1 is 1.14 bits per heavy atom. The molecule has 6 nitrogen and oxygen atoms in total. The molecule has 148 valence electrons. The molecular weight excluding hydrogens is 417 g/mol. The first-order valence-electron chi connectivity index (χ1n) is 8.83. The van der Waals surface area contributed by atoms with Gasteiger partial charge >= 0.3 is 0 Å². The molecule has 3 aromatic rings. The molecule has 1 N–H and O–H groups in total. The number of ether oxygens (including phenoxy) is 1. The lowest BCUT2D eigenvalue weighted by Crippen LogP contribution is -2.16. The van der Waals surface area contributed by atoms with Crippen LogP contribution in [0.2, 0.25) is 10.0 Å². The van der Waals surface area contributed by atoms with Crippen LogP contribution >= 0.6 is 35.0 Å². The van der Waals surface area contributed by atoms with E-state index in [1.54, 1.807) is 16.4 Å². The highest BCUT2D eigenvalue weighted by Gasteiger charge is 2.06. The molecule has 1 aromatic heterocycles. The van der Waals surface area contributed by atoms with Gasteiger partial charge in [0.25, 0.3) is 0 Å². The fraction of sp³-hybridized carbons (Fsp3) is 0.316. The Hall–Kier alpha value is -1.80. The Morgan fingerprint density at radius 3 is 2.79 bits per heavy atom. The highest BCUT2D eigenvalue weighted by Crippen LogP contribution is 2.24. The van der Waals surface area contributed by atoms with Crippen molar-refractivity contribution in [2.45, 2.75) is 24.7 Å². The molecule has 0 fully saturated rings. The van der Waals surface area contributed by atoms with Crippen molar-refractivity contribution < 1.29 is 4.74 Å². The lowest BCUT2D eigenvalue weighted by Gasteiger charge is -2.13. The number of halogens is 2. The van der Waals surface area contributed by atoms with E-state index >= 15 is 0 Å². The first kappa shape index (κ1) is 20.9. The molecule has 0 atom stereocenters. The third-order valence-electron chi connectivity index (χ3n) is 3.93. The van der Waals surface area contributed by atoms with Gasteiger partial charge in [0.15, 0.2) is 0 Å². The van der Waals surface area contributed by atoms with Crippen molar-refractivity contribution in [1.29, 1.82) is 0 Å². The van der Waals surface area contributed by atoms with Crippen LogP contribution in [-0.4, -0.2) is 32.5 Å². The number of aryl methyl sites for hydroxylation is 1. The Kier molecular flexibility index (Phi) is 7.97. The lowest BCUT2D eigenvalue weighted by molar-refractivity contribution is 0.302. The molecule has 0 unspecified atom stereocenters. The van der Waals surface area contributed by atoms with Gasteiger partial charge in [0.1, 0.15) is 12.4 Å². The van der Waals surface area contributed by atoms with E-state index in [1.807, 2.05) is 49.5 Å². The number of hydrogen-bond donors (Lipinski definition) is 1. The van der Waals surface area contributed by atoms with Crippen LogP contribution in [0.25, 0.3) is 0 Å². The van der Waals surface area contributed by atoms with E-state index in [4.69, 9.17) is 27.9 Å². The third-order valence-corrected chi connectivity index (χ3v) is 5.50. The zero-order valence-electron chi connectivity index (χ0n) is 15.4. The van der Waals surface area contributed by atoms with Gasteiger partial charge in [-0.05, 0) is 59.3 Å². The normalized spacial score (nSPS) is 11.0. The summed E-state index contributed by atoms with van der Waals surface area (Å²) < 4.78 is 7.66. The summed E-state index contributed by atoms with van der Waals surface area (Å²) in [6.07, 6.45) is 0.997. The van der Waals surface area contributed by atoms with E-state index in [-0.39, 0.29) is 0 Å². The zero-order valence-corrected chi connectivity index (χ0v) is 17.8. The topological polar surface area (TPSA) is 64.9 Å². The van der Waals surface area contributed by atoms with Crippen molar-refractivity contribution >= 4 is 35.0 Å². The van der Waals surface area contributed by atoms with E-state index in [2.05, 4.69) is 20.8 Å². The van der Waals surface area contributed by atoms with E-state index in [1.165, 1.54) is 0 Å². The maximum atomic E-state index is 6.16. The molecule has 0 aliphatic rings. The Balaban J connectivity index is 1.46. The summed E-state index contributed by atoms with van der Waals surface area (Å²) in [7, 11) is 1.84. The number of nitrogens with one attached hydrogen (secondary N) is 1. The molecule has 0 bridgehead atoms. The summed E-state index contributed by atoms with van der Waals surface area (Å²) in [5.74, 6) is 1.76. The quantitative estimate of drug-likeness (QED) is 0.375. The van der Waals surface area contributed by atoms with Crippen molar-refractivity contribution in [2.24, 2.45) is 7.05 Å². The molecule has 2 aromatic carbocycles. The summed E-state index contributed by atoms with van der Waals surface area (Å²) in [6.45, 7) is 2.01. The maximum Gasteiger partial charge on any atom is 0.209 e. The first-order valence-corrected chi connectivity index (χ1v) is 10.6. The number of benzene rings is 2. The van der Waals surface area contributed by atoms with E-state index < -0.39 is 0 Å². The van der Waals surface area contributed by atoms with Crippen LogP contribution in [0, 0.1) is 0 Å². The van der Waals surface area contributed by atoms with Crippen molar-refractivity contribution in [3.05, 3.63) is 63.6 Å². The number of aromatic nitrogens is 4. The van der Waals surface area contributed by atoms with Gasteiger partial charge in [-0.1, -0.05) is 47.1 Å². The predicted molar refractivity (Wildman–Crippen MR) is 113 cm³/mol. The molecule has 0 saturated heterocycles. The van der Waals surface area contributed by atoms with Crippen LogP contribution in [0.15, 0.2) is 47.6 Å². The van der Waals surface area contributed by atoms with Crippen molar-refractivity contribution in [1.82, 2.24) is 25.5 Å². The number of nitrogens with zero attached hydrogens (tertiary/aromatic N) is 4. The fourth-order valence-corrected chi connectivity index (χ4v) is 3.74. The van der Waals surface area contributed by atoms with E-state index in [9.17, 15) is 0 Å². The van der Waals surface area contributed by atoms with Crippen LogP contribution in [0.4, 0.5) is 0 Å².